The first-order chi connectivity index (χ1) is 7.67. The first kappa shape index (κ1) is 12.7. The monoisotopic (exact) mass is 227 g/mol. The number of furan rings is 1. The van der Waals surface area contributed by atoms with Gasteiger partial charge < -0.3 is 19.6 Å². The van der Waals surface area contributed by atoms with E-state index >= 15 is 0 Å². The Labute approximate surface area is 94.4 Å². The molecule has 0 saturated carbocycles. The van der Waals surface area contributed by atoms with Gasteiger partial charge in [-0.15, -0.1) is 0 Å². The van der Waals surface area contributed by atoms with E-state index in [0.29, 0.717) is 18.9 Å². The van der Waals surface area contributed by atoms with Gasteiger partial charge in [0, 0.05) is 13.2 Å². The number of carboxylic acids is 1. The number of hydrogen-bond donors (Lipinski definition) is 2. The van der Waals surface area contributed by atoms with Crippen LogP contribution < -0.4 is 5.32 Å². The number of rotatable bonds is 7. The molecule has 0 aliphatic rings. The van der Waals surface area contributed by atoms with Crippen molar-refractivity contribution in [2.24, 2.45) is 0 Å². The molecule has 1 unspecified atom stereocenters. The average Bonchev–Trinajstić information content (AvgIpc) is 2.73. The van der Waals surface area contributed by atoms with Gasteiger partial charge in [-0.2, -0.15) is 0 Å². The highest BCUT2D eigenvalue weighted by Crippen LogP contribution is 2.08. The molecule has 1 atom stereocenters. The lowest BCUT2D eigenvalue weighted by molar-refractivity contribution is 0.0696. The minimum Gasteiger partial charge on any atom is -0.478 e. The van der Waals surface area contributed by atoms with Gasteiger partial charge in [0.05, 0.1) is 18.7 Å². The van der Waals surface area contributed by atoms with E-state index in [4.69, 9.17) is 14.3 Å². The Balaban J connectivity index is 2.44. The van der Waals surface area contributed by atoms with E-state index in [-0.39, 0.29) is 11.6 Å². The molecular formula is C11H17NO4. The van der Waals surface area contributed by atoms with E-state index in [1.807, 2.05) is 0 Å². The minimum absolute atomic E-state index is 0.177. The fraction of sp³-hybridized carbons (Fsp3) is 0.545. The molecule has 16 heavy (non-hydrogen) atoms. The Morgan fingerprint density at radius 1 is 1.69 bits per heavy atom. The molecule has 2 N–H and O–H groups in total. The van der Waals surface area contributed by atoms with Crippen LogP contribution in [0.15, 0.2) is 16.7 Å². The molecule has 1 aromatic rings. The van der Waals surface area contributed by atoms with E-state index in [0.717, 1.165) is 6.42 Å². The molecule has 1 aromatic heterocycles. The summed E-state index contributed by atoms with van der Waals surface area (Å²) in [4.78, 5) is 10.6. The molecule has 0 fully saturated rings. The molecule has 5 heteroatoms. The normalized spacial score (nSPS) is 12.6. The van der Waals surface area contributed by atoms with Crippen molar-refractivity contribution in [3.63, 3.8) is 0 Å². The van der Waals surface area contributed by atoms with Crippen LogP contribution in [0.1, 0.15) is 29.5 Å². The Kier molecular flexibility index (Phi) is 5.01. The summed E-state index contributed by atoms with van der Waals surface area (Å²) in [7, 11) is 1.65. The molecule has 0 aliphatic carbocycles. The maximum Gasteiger partial charge on any atom is 0.338 e. The van der Waals surface area contributed by atoms with Crippen LogP contribution in [0, 0.1) is 0 Å². The second-order valence-electron chi connectivity index (χ2n) is 3.55. The van der Waals surface area contributed by atoms with Crippen molar-refractivity contribution in [3.8, 4) is 0 Å². The summed E-state index contributed by atoms with van der Waals surface area (Å²) in [5.41, 5.74) is 0.177. The summed E-state index contributed by atoms with van der Waals surface area (Å²) in [6, 6.07) is 1.78. The summed E-state index contributed by atoms with van der Waals surface area (Å²) < 4.78 is 10.2. The highest BCUT2D eigenvalue weighted by atomic mass is 16.5. The summed E-state index contributed by atoms with van der Waals surface area (Å²) in [6.45, 7) is 3.19. The topological polar surface area (TPSA) is 71.7 Å². The fourth-order valence-corrected chi connectivity index (χ4v) is 1.35. The lowest BCUT2D eigenvalue weighted by Gasteiger charge is -2.14. The van der Waals surface area contributed by atoms with Gasteiger partial charge in [0.15, 0.2) is 0 Å². The van der Waals surface area contributed by atoms with Gasteiger partial charge in [0.2, 0.25) is 0 Å². The molecular weight excluding hydrogens is 210 g/mol. The number of hydrogen-bond acceptors (Lipinski definition) is 4. The molecule has 5 nitrogen and oxygen atoms in total. The SMILES string of the molecule is CCC(COC)NCc1cc(C(=O)O)co1. The Morgan fingerprint density at radius 2 is 2.44 bits per heavy atom. The van der Waals surface area contributed by atoms with Crippen LogP contribution >= 0.6 is 0 Å². The van der Waals surface area contributed by atoms with Crippen LogP contribution in [-0.2, 0) is 11.3 Å². The average molecular weight is 227 g/mol. The van der Waals surface area contributed by atoms with Crippen molar-refractivity contribution in [1.82, 2.24) is 5.32 Å². The molecule has 0 spiro atoms. The highest BCUT2D eigenvalue weighted by Gasteiger charge is 2.10. The predicted octanol–water partition coefficient (Wildman–Crippen LogP) is 1.49. The zero-order valence-electron chi connectivity index (χ0n) is 9.53. The van der Waals surface area contributed by atoms with Crippen LogP contribution in [0.3, 0.4) is 0 Å². The standard InChI is InChI=1S/C11H17NO4/c1-3-9(7-15-2)12-5-10-4-8(6-16-10)11(13)14/h4,6,9,12H,3,5,7H2,1-2H3,(H,13,14). The smallest absolute Gasteiger partial charge is 0.338 e. The minimum atomic E-state index is -0.973. The summed E-state index contributed by atoms with van der Waals surface area (Å²) in [5.74, 6) is -0.356. The van der Waals surface area contributed by atoms with E-state index in [2.05, 4.69) is 12.2 Å². The second-order valence-corrected chi connectivity index (χ2v) is 3.55. The summed E-state index contributed by atoms with van der Waals surface area (Å²) in [5, 5.41) is 11.9. The van der Waals surface area contributed by atoms with Gasteiger partial charge in [0.1, 0.15) is 12.0 Å². The molecule has 1 rings (SSSR count). The quantitative estimate of drug-likeness (QED) is 0.738. The lowest BCUT2D eigenvalue weighted by Crippen LogP contribution is -2.31. The molecule has 0 radical (unpaired) electrons. The van der Waals surface area contributed by atoms with Gasteiger partial charge in [-0.25, -0.2) is 4.79 Å². The third kappa shape index (κ3) is 3.67. The van der Waals surface area contributed by atoms with Crippen molar-refractivity contribution >= 4 is 5.97 Å². The van der Waals surface area contributed by atoms with Crippen LogP contribution in [-0.4, -0.2) is 30.8 Å². The fourth-order valence-electron chi connectivity index (χ4n) is 1.35. The Hall–Kier alpha value is -1.33. The number of aromatic carboxylic acids is 1. The first-order valence-electron chi connectivity index (χ1n) is 5.20. The van der Waals surface area contributed by atoms with E-state index in [1.165, 1.54) is 12.3 Å². The second kappa shape index (κ2) is 6.30. The number of carbonyl (C=O) groups is 1. The third-order valence-electron chi connectivity index (χ3n) is 2.33. The molecule has 0 amide bonds. The Bertz CT molecular complexity index is 334. The van der Waals surface area contributed by atoms with Crippen molar-refractivity contribution in [2.45, 2.75) is 25.9 Å². The van der Waals surface area contributed by atoms with Crippen LogP contribution in [0.2, 0.25) is 0 Å². The zero-order chi connectivity index (χ0) is 12.0. The molecule has 0 bridgehead atoms. The maximum absolute atomic E-state index is 10.6. The maximum atomic E-state index is 10.6. The largest absolute Gasteiger partial charge is 0.478 e. The van der Waals surface area contributed by atoms with Crippen molar-refractivity contribution < 1.29 is 19.1 Å². The van der Waals surface area contributed by atoms with Crippen LogP contribution in [0.5, 0.6) is 0 Å². The van der Waals surface area contributed by atoms with E-state index < -0.39 is 5.97 Å². The van der Waals surface area contributed by atoms with Gasteiger partial charge in [-0.1, -0.05) is 6.92 Å². The van der Waals surface area contributed by atoms with Crippen molar-refractivity contribution in [3.05, 3.63) is 23.7 Å². The highest BCUT2D eigenvalue weighted by molar-refractivity contribution is 5.87. The number of ether oxygens (including phenoxy) is 1. The zero-order valence-corrected chi connectivity index (χ0v) is 9.53. The van der Waals surface area contributed by atoms with Gasteiger partial charge in [0.25, 0.3) is 0 Å². The first-order valence-corrected chi connectivity index (χ1v) is 5.20. The molecule has 90 valence electrons. The molecule has 0 aliphatic heterocycles. The predicted molar refractivity (Wildman–Crippen MR) is 58.5 cm³/mol. The number of methoxy groups -OCH3 is 1. The van der Waals surface area contributed by atoms with Crippen LogP contribution in [0.25, 0.3) is 0 Å². The van der Waals surface area contributed by atoms with Crippen molar-refractivity contribution in [2.75, 3.05) is 13.7 Å². The van der Waals surface area contributed by atoms with Crippen LogP contribution in [0.4, 0.5) is 0 Å². The van der Waals surface area contributed by atoms with Gasteiger partial charge >= 0.3 is 5.97 Å². The van der Waals surface area contributed by atoms with Gasteiger partial charge in [-0.3, -0.25) is 0 Å². The number of nitrogens with one attached hydrogen (secondary N) is 1. The van der Waals surface area contributed by atoms with E-state index in [1.54, 1.807) is 7.11 Å². The molecule has 0 aromatic carbocycles. The van der Waals surface area contributed by atoms with E-state index in [9.17, 15) is 4.79 Å². The summed E-state index contributed by atoms with van der Waals surface area (Å²) >= 11 is 0. The van der Waals surface area contributed by atoms with Crippen molar-refractivity contribution in [1.29, 1.82) is 0 Å². The Morgan fingerprint density at radius 3 is 2.94 bits per heavy atom. The number of carboxylic acid groups (broad SMARTS) is 1. The van der Waals surface area contributed by atoms with Gasteiger partial charge in [-0.05, 0) is 12.5 Å². The third-order valence-corrected chi connectivity index (χ3v) is 2.33. The summed E-state index contributed by atoms with van der Waals surface area (Å²) in [6.07, 6.45) is 2.19. The lowest BCUT2D eigenvalue weighted by atomic mass is 10.2. The molecule has 0 saturated heterocycles. The molecule has 1 heterocycles.